The van der Waals surface area contributed by atoms with Crippen LogP contribution < -0.4 is 0 Å². The third-order valence-electron chi connectivity index (χ3n) is 1.75. The first-order valence-electron chi connectivity index (χ1n) is 4.24. The second kappa shape index (κ2) is 3.57. The van der Waals surface area contributed by atoms with Crippen molar-refractivity contribution in [2.45, 2.75) is 20.3 Å². The van der Waals surface area contributed by atoms with E-state index in [1.54, 1.807) is 0 Å². The maximum absolute atomic E-state index is 11.5. The molecule has 0 bridgehead atoms. The highest BCUT2D eigenvalue weighted by molar-refractivity contribution is 5.95. The Bertz CT molecular complexity index is 273. The van der Waals surface area contributed by atoms with Gasteiger partial charge in [-0.2, -0.15) is 0 Å². The lowest BCUT2D eigenvalue weighted by Gasteiger charge is -2.00. The van der Waals surface area contributed by atoms with Crippen molar-refractivity contribution in [2.24, 2.45) is 13.0 Å². The molecule has 1 rings (SSSR count). The minimum absolute atomic E-state index is 0.241. The fourth-order valence-electron chi connectivity index (χ4n) is 1.16. The molecule has 0 aliphatic heterocycles. The van der Waals surface area contributed by atoms with Crippen LogP contribution in [0.5, 0.6) is 0 Å². The van der Waals surface area contributed by atoms with Crippen LogP contribution >= 0.6 is 0 Å². The van der Waals surface area contributed by atoms with Crippen LogP contribution in [0.1, 0.15) is 30.6 Å². The molecule has 0 aliphatic carbocycles. The molecule has 0 saturated carbocycles. The van der Waals surface area contributed by atoms with Gasteiger partial charge in [0.2, 0.25) is 0 Å². The summed E-state index contributed by atoms with van der Waals surface area (Å²) < 4.78 is 1.90. The van der Waals surface area contributed by atoms with Crippen LogP contribution in [0.2, 0.25) is 0 Å². The molecule has 1 aromatic heterocycles. The Kier molecular flexibility index (Phi) is 2.69. The van der Waals surface area contributed by atoms with Gasteiger partial charge in [-0.05, 0) is 12.0 Å². The van der Waals surface area contributed by atoms with Crippen molar-refractivity contribution in [1.29, 1.82) is 0 Å². The number of rotatable bonds is 3. The maximum Gasteiger partial charge on any atom is 0.164 e. The van der Waals surface area contributed by atoms with E-state index in [1.807, 2.05) is 30.1 Å². The Labute approximate surface area is 73.2 Å². The monoisotopic (exact) mass is 165 g/mol. The molecule has 2 nitrogen and oxygen atoms in total. The molecule has 0 atom stereocenters. The third-order valence-corrected chi connectivity index (χ3v) is 1.75. The molecule has 66 valence electrons. The largest absolute Gasteiger partial charge is 0.357 e. The highest BCUT2D eigenvalue weighted by atomic mass is 16.1. The topological polar surface area (TPSA) is 22.0 Å². The Morgan fingerprint density at radius 2 is 2.25 bits per heavy atom. The Hall–Kier alpha value is -1.05. The summed E-state index contributed by atoms with van der Waals surface area (Å²) in [6.45, 7) is 4.11. The van der Waals surface area contributed by atoms with Gasteiger partial charge in [0.05, 0.1) is 0 Å². The van der Waals surface area contributed by atoms with E-state index >= 15 is 0 Å². The summed E-state index contributed by atoms with van der Waals surface area (Å²) in [5, 5.41) is 0. The molecule has 0 aromatic carbocycles. The first-order chi connectivity index (χ1) is 5.59. The highest BCUT2D eigenvalue weighted by Gasteiger charge is 2.08. The van der Waals surface area contributed by atoms with Crippen molar-refractivity contribution in [3.05, 3.63) is 24.0 Å². The van der Waals surface area contributed by atoms with E-state index in [1.165, 1.54) is 0 Å². The minimum atomic E-state index is 0.241. The summed E-state index contributed by atoms with van der Waals surface area (Å²) in [6.07, 6.45) is 4.41. The lowest BCUT2D eigenvalue weighted by atomic mass is 10.0. The predicted molar refractivity (Wildman–Crippen MR) is 49.2 cm³/mol. The van der Waals surface area contributed by atoms with Crippen LogP contribution in [0.3, 0.4) is 0 Å². The van der Waals surface area contributed by atoms with Gasteiger partial charge in [0.1, 0.15) is 0 Å². The zero-order valence-corrected chi connectivity index (χ0v) is 7.87. The van der Waals surface area contributed by atoms with E-state index in [0.717, 1.165) is 5.56 Å². The van der Waals surface area contributed by atoms with Crippen molar-refractivity contribution in [2.75, 3.05) is 0 Å². The number of aryl methyl sites for hydroxylation is 1. The predicted octanol–water partition coefficient (Wildman–Crippen LogP) is 2.25. The van der Waals surface area contributed by atoms with Gasteiger partial charge in [-0.3, -0.25) is 4.79 Å². The molecule has 2 heteroatoms. The quantitative estimate of drug-likeness (QED) is 0.630. The molecule has 0 amide bonds. The Morgan fingerprint density at radius 3 is 2.67 bits per heavy atom. The molecule has 0 N–H and O–H groups in total. The molecule has 1 heterocycles. The van der Waals surface area contributed by atoms with Crippen LogP contribution in [0, 0.1) is 5.92 Å². The van der Waals surface area contributed by atoms with Crippen LogP contribution in [0.4, 0.5) is 0 Å². The molecule has 0 fully saturated rings. The van der Waals surface area contributed by atoms with Gasteiger partial charge in [-0.15, -0.1) is 0 Å². The molecule has 1 aromatic rings. The van der Waals surface area contributed by atoms with E-state index in [-0.39, 0.29) is 5.78 Å². The fraction of sp³-hybridized carbons (Fsp3) is 0.500. The van der Waals surface area contributed by atoms with Gasteiger partial charge in [0, 0.05) is 31.4 Å². The highest BCUT2D eigenvalue weighted by Crippen LogP contribution is 2.08. The van der Waals surface area contributed by atoms with E-state index in [4.69, 9.17) is 0 Å². The van der Waals surface area contributed by atoms with Crippen molar-refractivity contribution < 1.29 is 4.79 Å². The van der Waals surface area contributed by atoms with Gasteiger partial charge < -0.3 is 4.57 Å². The smallest absolute Gasteiger partial charge is 0.164 e. The van der Waals surface area contributed by atoms with E-state index < -0.39 is 0 Å². The number of hydrogen-bond donors (Lipinski definition) is 0. The average molecular weight is 165 g/mol. The van der Waals surface area contributed by atoms with Crippen LogP contribution in [0.15, 0.2) is 18.5 Å². The number of hydrogen-bond acceptors (Lipinski definition) is 1. The summed E-state index contributed by atoms with van der Waals surface area (Å²) >= 11 is 0. The third kappa shape index (κ3) is 2.22. The summed E-state index contributed by atoms with van der Waals surface area (Å²) in [5.74, 6) is 0.684. The maximum atomic E-state index is 11.5. The Balaban J connectivity index is 2.65. The molecule has 0 radical (unpaired) electrons. The summed E-state index contributed by atoms with van der Waals surface area (Å²) in [6, 6.07) is 1.87. The average Bonchev–Trinajstić information content (AvgIpc) is 2.34. The molecule has 12 heavy (non-hydrogen) atoms. The number of ketones is 1. The number of carbonyl (C=O) groups is 1. The lowest BCUT2D eigenvalue weighted by molar-refractivity contribution is 0.0968. The number of nitrogens with zero attached hydrogens (tertiary/aromatic N) is 1. The van der Waals surface area contributed by atoms with E-state index in [2.05, 4.69) is 13.8 Å². The first kappa shape index (κ1) is 9.04. The second-order valence-corrected chi connectivity index (χ2v) is 3.59. The van der Waals surface area contributed by atoms with Gasteiger partial charge in [0.25, 0.3) is 0 Å². The zero-order valence-electron chi connectivity index (χ0n) is 7.87. The van der Waals surface area contributed by atoms with Crippen molar-refractivity contribution in [3.8, 4) is 0 Å². The standard InChI is InChI=1S/C10H15NO/c1-8(2)6-10(12)9-4-5-11(3)7-9/h4-5,7-8H,6H2,1-3H3. The molecule has 0 aliphatic rings. The molecular weight excluding hydrogens is 150 g/mol. The summed E-state index contributed by atoms with van der Waals surface area (Å²) in [5.41, 5.74) is 0.825. The summed E-state index contributed by atoms with van der Waals surface area (Å²) in [7, 11) is 1.92. The number of aromatic nitrogens is 1. The van der Waals surface area contributed by atoms with Crippen LogP contribution in [0.25, 0.3) is 0 Å². The van der Waals surface area contributed by atoms with Gasteiger partial charge in [-0.25, -0.2) is 0 Å². The van der Waals surface area contributed by atoms with E-state index in [0.29, 0.717) is 12.3 Å². The Morgan fingerprint density at radius 1 is 1.58 bits per heavy atom. The molecule has 0 unspecified atom stereocenters. The first-order valence-corrected chi connectivity index (χ1v) is 4.24. The van der Waals surface area contributed by atoms with Gasteiger partial charge in [-0.1, -0.05) is 13.8 Å². The summed E-state index contributed by atoms with van der Waals surface area (Å²) in [4.78, 5) is 11.5. The van der Waals surface area contributed by atoms with Crippen LogP contribution in [-0.4, -0.2) is 10.4 Å². The van der Waals surface area contributed by atoms with Crippen molar-refractivity contribution in [3.63, 3.8) is 0 Å². The lowest BCUT2D eigenvalue weighted by Crippen LogP contribution is -2.02. The number of Topliss-reactive ketones (excluding diaryl/α,β-unsaturated/α-hetero) is 1. The van der Waals surface area contributed by atoms with Gasteiger partial charge >= 0.3 is 0 Å². The number of carbonyl (C=O) groups excluding carboxylic acids is 1. The second-order valence-electron chi connectivity index (χ2n) is 3.59. The minimum Gasteiger partial charge on any atom is -0.357 e. The molecule has 0 spiro atoms. The van der Waals surface area contributed by atoms with Crippen molar-refractivity contribution >= 4 is 5.78 Å². The zero-order chi connectivity index (χ0) is 9.14. The van der Waals surface area contributed by atoms with Gasteiger partial charge in [0.15, 0.2) is 5.78 Å². The SMILES string of the molecule is CC(C)CC(=O)c1ccn(C)c1. The molecular formula is C10H15NO. The van der Waals surface area contributed by atoms with Crippen molar-refractivity contribution in [1.82, 2.24) is 4.57 Å². The molecule has 0 saturated heterocycles. The van der Waals surface area contributed by atoms with E-state index in [9.17, 15) is 4.79 Å². The fourth-order valence-corrected chi connectivity index (χ4v) is 1.16. The normalized spacial score (nSPS) is 10.7. The van der Waals surface area contributed by atoms with Crippen LogP contribution in [-0.2, 0) is 7.05 Å².